The Morgan fingerprint density at radius 1 is 1.33 bits per heavy atom. The first-order valence-corrected chi connectivity index (χ1v) is 10.5. The number of halogens is 1. The minimum atomic E-state index is -0.968. The number of hydrogen-bond acceptors (Lipinski definition) is 5. The van der Waals surface area contributed by atoms with E-state index < -0.39 is 11.4 Å². The fourth-order valence-electron chi connectivity index (χ4n) is 3.63. The molecule has 1 aromatic carbocycles. The molecule has 1 saturated heterocycles. The first-order valence-electron chi connectivity index (χ1n) is 9.33. The van der Waals surface area contributed by atoms with E-state index >= 15 is 0 Å². The highest BCUT2D eigenvalue weighted by Gasteiger charge is 2.41. The van der Waals surface area contributed by atoms with Crippen molar-refractivity contribution in [1.29, 1.82) is 0 Å². The molecule has 2 aliphatic rings. The van der Waals surface area contributed by atoms with Gasteiger partial charge in [0.15, 0.2) is 5.78 Å². The van der Waals surface area contributed by atoms with Gasteiger partial charge in [-0.25, -0.2) is 4.98 Å². The van der Waals surface area contributed by atoms with E-state index in [1.165, 1.54) is 0 Å². The average Bonchev–Trinajstić information content (AvgIpc) is 3.40. The quantitative estimate of drug-likeness (QED) is 0.716. The van der Waals surface area contributed by atoms with E-state index in [4.69, 9.17) is 17.3 Å². The highest BCUT2D eigenvalue weighted by Crippen LogP contribution is 2.45. The van der Waals surface area contributed by atoms with Crippen LogP contribution in [-0.4, -0.2) is 28.8 Å². The number of ketones is 1. The molecule has 2 fully saturated rings. The van der Waals surface area contributed by atoms with Gasteiger partial charge in [-0.3, -0.25) is 9.59 Å². The molecule has 27 heavy (non-hydrogen) atoms. The normalized spacial score (nSPS) is 22.6. The lowest BCUT2D eigenvalue weighted by Gasteiger charge is -2.34. The van der Waals surface area contributed by atoms with Crippen molar-refractivity contribution in [3.8, 4) is 10.4 Å². The van der Waals surface area contributed by atoms with Crippen LogP contribution in [0, 0.1) is 0 Å². The van der Waals surface area contributed by atoms with Crippen LogP contribution in [0.5, 0.6) is 0 Å². The zero-order valence-corrected chi connectivity index (χ0v) is 16.5. The molecule has 142 valence electrons. The Balaban J connectivity index is 1.69. The van der Waals surface area contributed by atoms with Gasteiger partial charge >= 0.3 is 0 Å². The van der Waals surface area contributed by atoms with Crippen molar-refractivity contribution in [2.24, 2.45) is 5.73 Å². The van der Waals surface area contributed by atoms with Crippen LogP contribution in [-0.2, 0) is 4.79 Å². The summed E-state index contributed by atoms with van der Waals surface area (Å²) in [6, 6.07) is 7.47. The molecule has 4 rings (SSSR count). The monoisotopic (exact) mass is 403 g/mol. The van der Waals surface area contributed by atoms with Gasteiger partial charge in [-0.05, 0) is 56.3 Å². The number of piperidine rings is 1. The molecule has 1 amide bonds. The molecule has 1 aliphatic heterocycles. The van der Waals surface area contributed by atoms with Crippen LogP contribution < -0.4 is 11.1 Å². The maximum absolute atomic E-state index is 13.2. The van der Waals surface area contributed by atoms with E-state index in [1.54, 1.807) is 11.3 Å². The van der Waals surface area contributed by atoms with Crippen molar-refractivity contribution >= 4 is 34.6 Å². The van der Waals surface area contributed by atoms with Crippen LogP contribution in [0.2, 0.25) is 5.02 Å². The standard InChI is InChI=1S/C20H22ClN3O2S/c21-14-5-3-4-13(10-14)17-16(24-18(27-17)12-6-7-12)15(25)11-20(19(22)26)8-1-2-9-23-20/h3-5,10,12,23H,1-2,6-9,11H2,(H2,22,26). The maximum atomic E-state index is 13.2. The number of thiazole rings is 1. The third-order valence-corrected chi connectivity index (χ3v) is 6.85. The van der Waals surface area contributed by atoms with Crippen molar-refractivity contribution in [3.63, 3.8) is 0 Å². The second-order valence-electron chi connectivity index (χ2n) is 7.44. The Morgan fingerprint density at radius 2 is 2.15 bits per heavy atom. The summed E-state index contributed by atoms with van der Waals surface area (Å²) in [5.74, 6) is -0.147. The van der Waals surface area contributed by atoms with E-state index in [0.717, 1.165) is 41.1 Å². The van der Waals surface area contributed by atoms with Crippen LogP contribution in [0.1, 0.15) is 59.9 Å². The fraction of sp³-hybridized carbons (Fsp3) is 0.450. The number of nitrogens with one attached hydrogen (secondary N) is 1. The molecule has 0 spiro atoms. The van der Waals surface area contributed by atoms with Gasteiger partial charge in [-0.15, -0.1) is 11.3 Å². The highest BCUT2D eigenvalue weighted by atomic mass is 35.5. The number of rotatable bonds is 6. The van der Waals surface area contributed by atoms with E-state index in [0.29, 0.717) is 29.6 Å². The predicted octanol–water partition coefficient (Wildman–Crippen LogP) is 3.91. The molecule has 0 radical (unpaired) electrons. The van der Waals surface area contributed by atoms with Gasteiger partial charge in [0.2, 0.25) is 5.91 Å². The molecule has 0 bridgehead atoms. The third-order valence-electron chi connectivity index (χ3n) is 5.35. The summed E-state index contributed by atoms with van der Waals surface area (Å²) in [7, 11) is 0. The van der Waals surface area contributed by atoms with Gasteiger partial charge in [0, 0.05) is 17.4 Å². The van der Waals surface area contributed by atoms with Gasteiger partial charge in [0.1, 0.15) is 11.2 Å². The van der Waals surface area contributed by atoms with Gasteiger partial charge in [0.25, 0.3) is 0 Å². The van der Waals surface area contributed by atoms with Crippen molar-refractivity contribution < 1.29 is 9.59 Å². The number of nitrogens with two attached hydrogens (primary N) is 1. The van der Waals surface area contributed by atoms with Crippen molar-refractivity contribution in [2.45, 2.75) is 50.0 Å². The minimum Gasteiger partial charge on any atom is -0.368 e. The topological polar surface area (TPSA) is 85.1 Å². The SMILES string of the molecule is NC(=O)C1(CC(=O)c2nc(C3CC3)sc2-c2cccc(Cl)c2)CCCCN1. The number of benzene rings is 1. The number of aromatic nitrogens is 1. The number of amides is 1. The van der Waals surface area contributed by atoms with Crippen molar-refractivity contribution in [1.82, 2.24) is 10.3 Å². The average molecular weight is 404 g/mol. The van der Waals surface area contributed by atoms with Crippen LogP contribution in [0.3, 0.4) is 0 Å². The Morgan fingerprint density at radius 3 is 2.78 bits per heavy atom. The lowest BCUT2D eigenvalue weighted by molar-refractivity contribution is -0.125. The van der Waals surface area contributed by atoms with Crippen LogP contribution in [0.15, 0.2) is 24.3 Å². The lowest BCUT2D eigenvalue weighted by atomic mass is 9.83. The lowest BCUT2D eigenvalue weighted by Crippen LogP contribution is -2.58. The molecule has 2 aromatic rings. The Kier molecular flexibility index (Phi) is 5.05. The number of primary amides is 1. The van der Waals surface area contributed by atoms with E-state index in [-0.39, 0.29) is 12.2 Å². The number of hydrogen-bond donors (Lipinski definition) is 2. The van der Waals surface area contributed by atoms with Gasteiger partial charge in [-0.2, -0.15) is 0 Å². The summed E-state index contributed by atoms with van der Waals surface area (Å²) < 4.78 is 0. The number of nitrogens with zero attached hydrogens (tertiary/aromatic N) is 1. The summed E-state index contributed by atoms with van der Waals surface area (Å²) in [5.41, 5.74) is 6.03. The molecule has 2 heterocycles. The van der Waals surface area contributed by atoms with Crippen LogP contribution in [0.4, 0.5) is 0 Å². The molecule has 5 nitrogen and oxygen atoms in total. The summed E-state index contributed by atoms with van der Waals surface area (Å²) in [6.45, 7) is 0.696. The molecule has 7 heteroatoms. The molecule has 1 atom stereocenters. The second kappa shape index (κ2) is 7.34. The number of Topliss-reactive ketones (excluding diaryl/α,β-unsaturated/α-hetero) is 1. The highest BCUT2D eigenvalue weighted by molar-refractivity contribution is 7.15. The Labute approximate surface area is 167 Å². The second-order valence-corrected chi connectivity index (χ2v) is 8.91. The molecule has 1 aromatic heterocycles. The number of carbonyl (C=O) groups is 2. The number of carbonyl (C=O) groups excluding carboxylic acids is 2. The van der Waals surface area contributed by atoms with Crippen molar-refractivity contribution in [2.75, 3.05) is 6.54 Å². The predicted molar refractivity (Wildman–Crippen MR) is 107 cm³/mol. The zero-order chi connectivity index (χ0) is 19.0. The maximum Gasteiger partial charge on any atom is 0.238 e. The smallest absolute Gasteiger partial charge is 0.238 e. The van der Waals surface area contributed by atoms with Crippen LogP contribution in [0.25, 0.3) is 10.4 Å². The van der Waals surface area contributed by atoms with Crippen molar-refractivity contribution in [3.05, 3.63) is 40.0 Å². The molecular weight excluding hydrogens is 382 g/mol. The summed E-state index contributed by atoms with van der Waals surface area (Å²) >= 11 is 7.72. The molecule has 3 N–H and O–H groups in total. The Bertz CT molecular complexity index is 885. The largest absolute Gasteiger partial charge is 0.368 e. The van der Waals surface area contributed by atoms with E-state index in [2.05, 4.69) is 10.3 Å². The van der Waals surface area contributed by atoms with Crippen LogP contribution >= 0.6 is 22.9 Å². The molecular formula is C20H22ClN3O2S. The third kappa shape index (κ3) is 3.79. The summed E-state index contributed by atoms with van der Waals surface area (Å²) in [6.07, 6.45) is 4.73. The summed E-state index contributed by atoms with van der Waals surface area (Å²) in [5, 5.41) is 4.82. The first-order chi connectivity index (χ1) is 13.0. The molecule has 1 unspecified atom stereocenters. The summed E-state index contributed by atoms with van der Waals surface area (Å²) in [4.78, 5) is 30.9. The van der Waals surface area contributed by atoms with E-state index in [9.17, 15) is 9.59 Å². The van der Waals surface area contributed by atoms with Gasteiger partial charge < -0.3 is 11.1 Å². The zero-order valence-electron chi connectivity index (χ0n) is 15.0. The Hall–Kier alpha value is -1.76. The van der Waals surface area contributed by atoms with Gasteiger partial charge in [0.05, 0.1) is 9.88 Å². The molecule has 1 saturated carbocycles. The first kappa shape index (κ1) is 18.6. The fourth-order valence-corrected chi connectivity index (χ4v) is 5.07. The van der Waals surface area contributed by atoms with Gasteiger partial charge in [-0.1, -0.05) is 23.7 Å². The molecule has 1 aliphatic carbocycles. The van der Waals surface area contributed by atoms with E-state index in [1.807, 2.05) is 24.3 Å². The minimum absolute atomic E-state index is 0.0454.